The first kappa shape index (κ1) is 22.8. The van der Waals surface area contributed by atoms with Crippen LogP contribution in [-0.2, 0) is 26.1 Å². The molecule has 0 atom stereocenters. The Labute approximate surface area is 181 Å². The Balaban J connectivity index is 1.87. The summed E-state index contributed by atoms with van der Waals surface area (Å²) >= 11 is 0. The Morgan fingerprint density at radius 3 is 2.42 bits per heavy atom. The number of anilines is 1. The first-order valence-corrected chi connectivity index (χ1v) is 11.3. The second-order valence-electron chi connectivity index (χ2n) is 7.35. The number of rotatable bonds is 7. The molecule has 1 aromatic carbocycles. The second-order valence-corrected chi connectivity index (χ2v) is 9.50. The van der Waals surface area contributed by atoms with E-state index in [9.17, 15) is 18.0 Å². The third-order valence-corrected chi connectivity index (χ3v) is 6.87. The van der Waals surface area contributed by atoms with E-state index in [-0.39, 0.29) is 28.6 Å². The number of hydrogen-bond acceptors (Lipinski definition) is 8. The molecule has 0 unspecified atom stereocenters. The van der Waals surface area contributed by atoms with Crippen molar-refractivity contribution >= 4 is 27.6 Å². The second kappa shape index (κ2) is 9.52. The fourth-order valence-electron chi connectivity index (χ4n) is 3.34. The van der Waals surface area contributed by atoms with Crippen molar-refractivity contribution in [3.8, 4) is 0 Å². The highest BCUT2D eigenvalue weighted by Crippen LogP contribution is 2.28. The minimum absolute atomic E-state index is 0.00151. The molecule has 0 saturated carbocycles. The number of hydrogen-bond donors (Lipinski definition) is 0. The quantitative estimate of drug-likeness (QED) is 0.593. The van der Waals surface area contributed by atoms with Crippen LogP contribution in [0.2, 0.25) is 0 Å². The molecule has 2 aromatic rings. The SMILES string of the molecule is COC(=O)c1ccc(COC(=O)c2cc(S(=O)(=O)N(C)C)ccc2N2CCCCC2)o1. The zero-order valence-electron chi connectivity index (χ0n) is 17.8. The lowest BCUT2D eigenvalue weighted by atomic mass is 10.1. The van der Waals surface area contributed by atoms with Crippen molar-refractivity contribution in [1.29, 1.82) is 0 Å². The van der Waals surface area contributed by atoms with Gasteiger partial charge in [0.25, 0.3) is 0 Å². The third-order valence-electron chi connectivity index (χ3n) is 5.06. The van der Waals surface area contributed by atoms with Gasteiger partial charge in [0.2, 0.25) is 15.8 Å². The average Bonchev–Trinajstić information content (AvgIpc) is 3.26. The van der Waals surface area contributed by atoms with Crippen LogP contribution < -0.4 is 4.90 Å². The first-order chi connectivity index (χ1) is 14.7. The van der Waals surface area contributed by atoms with E-state index in [1.807, 2.05) is 0 Å². The smallest absolute Gasteiger partial charge is 0.373 e. The van der Waals surface area contributed by atoms with Gasteiger partial charge in [-0.15, -0.1) is 0 Å². The Morgan fingerprint density at radius 2 is 1.77 bits per heavy atom. The normalized spacial score (nSPS) is 14.5. The molecule has 10 heteroatoms. The van der Waals surface area contributed by atoms with E-state index >= 15 is 0 Å². The van der Waals surface area contributed by atoms with E-state index in [2.05, 4.69) is 9.64 Å². The molecule has 0 spiro atoms. The van der Waals surface area contributed by atoms with Gasteiger partial charge < -0.3 is 18.8 Å². The molecular formula is C21H26N2O7S. The molecule has 1 aliphatic heterocycles. The maximum Gasteiger partial charge on any atom is 0.373 e. The number of piperidine rings is 1. The lowest BCUT2D eigenvalue weighted by Gasteiger charge is -2.30. The molecule has 9 nitrogen and oxygen atoms in total. The van der Waals surface area contributed by atoms with Gasteiger partial charge in [-0.3, -0.25) is 0 Å². The molecule has 0 radical (unpaired) electrons. The Bertz CT molecular complexity index is 1050. The summed E-state index contributed by atoms with van der Waals surface area (Å²) in [6.07, 6.45) is 3.11. The molecular weight excluding hydrogens is 424 g/mol. The minimum Gasteiger partial charge on any atom is -0.463 e. The molecule has 0 bridgehead atoms. The van der Waals surface area contributed by atoms with Crippen molar-refractivity contribution in [2.45, 2.75) is 30.8 Å². The zero-order chi connectivity index (χ0) is 22.6. The van der Waals surface area contributed by atoms with E-state index in [0.717, 1.165) is 36.7 Å². The van der Waals surface area contributed by atoms with Gasteiger partial charge >= 0.3 is 11.9 Å². The number of nitrogens with zero attached hydrogens (tertiary/aromatic N) is 2. The predicted molar refractivity (Wildman–Crippen MR) is 113 cm³/mol. The van der Waals surface area contributed by atoms with Crippen molar-refractivity contribution < 1.29 is 31.9 Å². The van der Waals surface area contributed by atoms with Crippen LogP contribution in [-0.4, -0.2) is 59.0 Å². The molecule has 2 heterocycles. The lowest BCUT2D eigenvalue weighted by Crippen LogP contribution is -2.31. The highest BCUT2D eigenvalue weighted by Gasteiger charge is 2.25. The van der Waals surface area contributed by atoms with Crippen LogP contribution in [0.1, 0.15) is 45.9 Å². The van der Waals surface area contributed by atoms with E-state index in [4.69, 9.17) is 9.15 Å². The van der Waals surface area contributed by atoms with Gasteiger partial charge in [0.05, 0.1) is 23.3 Å². The van der Waals surface area contributed by atoms with Crippen LogP contribution in [0.15, 0.2) is 39.6 Å². The molecule has 1 saturated heterocycles. The van der Waals surface area contributed by atoms with E-state index in [1.165, 1.54) is 45.5 Å². The first-order valence-electron chi connectivity index (χ1n) is 9.89. The molecule has 0 aliphatic carbocycles. The van der Waals surface area contributed by atoms with Gasteiger partial charge in [-0.25, -0.2) is 22.3 Å². The van der Waals surface area contributed by atoms with Gasteiger partial charge in [-0.2, -0.15) is 0 Å². The summed E-state index contributed by atoms with van der Waals surface area (Å²) in [6, 6.07) is 7.45. The monoisotopic (exact) mass is 450 g/mol. The largest absolute Gasteiger partial charge is 0.463 e. The Hall–Kier alpha value is -2.85. The molecule has 1 fully saturated rings. The number of carbonyl (C=O) groups is 2. The molecule has 3 rings (SSSR count). The highest BCUT2D eigenvalue weighted by atomic mass is 32.2. The van der Waals surface area contributed by atoms with Gasteiger partial charge in [0.1, 0.15) is 12.4 Å². The molecule has 31 heavy (non-hydrogen) atoms. The van der Waals surface area contributed by atoms with Gasteiger partial charge in [-0.1, -0.05) is 0 Å². The number of esters is 2. The highest BCUT2D eigenvalue weighted by molar-refractivity contribution is 7.89. The number of carbonyl (C=O) groups excluding carboxylic acids is 2. The minimum atomic E-state index is -3.72. The summed E-state index contributed by atoms with van der Waals surface area (Å²) < 4.78 is 41.5. The number of ether oxygens (including phenoxy) is 2. The van der Waals surface area contributed by atoms with Gasteiger partial charge in [0, 0.05) is 27.2 Å². The Morgan fingerprint density at radius 1 is 1.06 bits per heavy atom. The van der Waals surface area contributed by atoms with Crippen LogP contribution in [0.5, 0.6) is 0 Å². The standard InChI is InChI=1S/C21H26N2O7S/c1-22(2)31(26,27)16-8-9-18(23-11-5-4-6-12-23)17(13-16)20(24)29-14-15-7-10-19(30-15)21(25)28-3/h7-10,13H,4-6,11-12,14H2,1-3H3. The average molecular weight is 451 g/mol. The zero-order valence-corrected chi connectivity index (χ0v) is 18.6. The van der Waals surface area contributed by atoms with Crippen molar-refractivity contribution in [2.75, 3.05) is 39.2 Å². The van der Waals surface area contributed by atoms with Crippen LogP contribution in [0, 0.1) is 0 Å². The number of benzene rings is 1. The predicted octanol–water partition coefficient (Wildman–Crippen LogP) is 2.66. The summed E-state index contributed by atoms with van der Waals surface area (Å²) in [5.41, 5.74) is 0.807. The van der Waals surface area contributed by atoms with E-state index in [1.54, 1.807) is 6.07 Å². The van der Waals surface area contributed by atoms with Crippen LogP contribution >= 0.6 is 0 Å². The molecule has 1 aliphatic rings. The number of sulfonamides is 1. The van der Waals surface area contributed by atoms with Crippen LogP contribution in [0.4, 0.5) is 5.69 Å². The van der Waals surface area contributed by atoms with Crippen molar-refractivity contribution in [3.63, 3.8) is 0 Å². The number of methoxy groups -OCH3 is 1. The lowest BCUT2D eigenvalue weighted by molar-refractivity contribution is 0.0438. The fourth-order valence-corrected chi connectivity index (χ4v) is 4.27. The maximum atomic E-state index is 12.9. The Kier molecular flexibility index (Phi) is 7.01. The molecule has 1 aromatic heterocycles. The molecule has 0 N–H and O–H groups in total. The molecule has 0 amide bonds. The van der Waals surface area contributed by atoms with E-state index < -0.39 is 22.0 Å². The topological polar surface area (TPSA) is 106 Å². The molecule has 168 valence electrons. The summed E-state index contributed by atoms with van der Waals surface area (Å²) in [5.74, 6) is -1.04. The number of furan rings is 1. The summed E-state index contributed by atoms with van der Waals surface area (Å²) in [4.78, 5) is 26.5. The summed E-state index contributed by atoms with van der Waals surface area (Å²) in [6.45, 7) is 1.35. The third kappa shape index (κ3) is 5.08. The van der Waals surface area contributed by atoms with Crippen molar-refractivity contribution in [2.24, 2.45) is 0 Å². The van der Waals surface area contributed by atoms with E-state index in [0.29, 0.717) is 5.69 Å². The van der Waals surface area contributed by atoms with Crippen LogP contribution in [0.3, 0.4) is 0 Å². The van der Waals surface area contributed by atoms with Gasteiger partial charge in [0.15, 0.2) is 0 Å². The van der Waals surface area contributed by atoms with Crippen molar-refractivity contribution in [3.05, 3.63) is 47.4 Å². The summed E-state index contributed by atoms with van der Waals surface area (Å²) in [5, 5.41) is 0. The van der Waals surface area contributed by atoms with Gasteiger partial charge in [-0.05, 0) is 49.6 Å². The van der Waals surface area contributed by atoms with Crippen molar-refractivity contribution in [1.82, 2.24) is 4.31 Å². The fraction of sp³-hybridized carbons (Fsp3) is 0.429. The summed E-state index contributed by atoms with van der Waals surface area (Å²) in [7, 11) is 0.382. The maximum absolute atomic E-state index is 12.9. The van der Waals surface area contributed by atoms with Crippen LogP contribution in [0.25, 0.3) is 0 Å².